The molecule has 12 atom stereocenters. The van der Waals surface area contributed by atoms with Crippen molar-refractivity contribution in [3.05, 3.63) is 71.8 Å². The number of nitrogens with one attached hydrogen (secondary N) is 13. The largest absolute Gasteiger partial charge is 0.394 e. The van der Waals surface area contributed by atoms with Gasteiger partial charge in [-0.15, -0.1) is 0 Å². The Hall–Kier alpha value is -10.7. The van der Waals surface area contributed by atoms with Crippen molar-refractivity contribution in [2.45, 2.75) is 307 Å². The van der Waals surface area contributed by atoms with Gasteiger partial charge in [0.2, 0.25) is 100 Å². The number of aliphatic hydroxyl groups is 3. The summed E-state index contributed by atoms with van der Waals surface area (Å²) in [5, 5.41) is 66.5. The minimum Gasteiger partial charge on any atom is -0.394 e. The average Bonchev–Trinajstić information content (AvgIpc) is 1.62. The molecule has 0 bridgehead atoms. The van der Waals surface area contributed by atoms with Gasteiger partial charge in [0.05, 0.1) is 31.4 Å². The second-order valence-corrected chi connectivity index (χ2v) is 35.4. The molecule has 37 heteroatoms. The third kappa shape index (κ3) is 26.9. The molecule has 0 spiro atoms. The number of primary amides is 1. The van der Waals surface area contributed by atoms with Gasteiger partial charge in [0, 0.05) is 52.2 Å². The molecule has 17 amide bonds. The maximum Gasteiger partial charge on any atom is 0.248 e. The van der Waals surface area contributed by atoms with E-state index in [1.165, 1.54) is 102 Å². The van der Waals surface area contributed by atoms with Crippen molar-refractivity contribution in [1.29, 1.82) is 0 Å². The van der Waals surface area contributed by atoms with E-state index in [-0.39, 0.29) is 70.6 Å². The molecule has 3 heterocycles. The molecular formula is C83H129N17O20. The Kier molecular flexibility index (Phi) is 34.6. The Bertz CT molecular complexity index is 4100. The van der Waals surface area contributed by atoms with Crippen molar-refractivity contribution in [3.8, 4) is 0 Å². The van der Waals surface area contributed by atoms with Crippen LogP contribution in [-0.4, -0.2) is 262 Å². The SMILES string of the molecule is CCC(C)(NC(=O)C(CC(C)C)NC(=O)CNC(=O)C(C)(CC)NC(=O)C(C)(C)NC(=O)C(C)(C)NC(=O)C(C)(C)NC(=O)C(Cc1ccccc1)NC(C)=O)C(=O)NC(C)(C)C(=O)N1CC(O)CC1C(=O)NC(CCC(N)=O)C(=O)NC(C)(CC)C(=O)N1CC(O)CC1C(=O)NC(C)(C)C(=O)N1CCCC1C(=O)NC(CO)Cc1ccccc1. The van der Waals surface area contributed by atoms with Crippen LogP contribution >= 0.6 is 0 Å². The molecule has 120 heavy (non-hydrogen) atoms. The molecule has 3 fully saturated rings. The first-order valence-electron chi connectivity index (χ1n) is 40.9. The van der Waals surface area contributed by atoms with Crippen LogP contribution in [0.15, 0.2) is 60.7 Å². The number of β-amino-alcohol motifs (C(OH)–C–C–N with tert-alkyl or cyclic N) is 2. The fourth-order valence-electron chi connectivity index (χ4n) is 14.1. The van der Waals surface area contributed by atoms with Gasteiger partial charge in [0.15, 0.2) is 0 Å². The smallest absolute Gasteiger partial charge is 0.248 e. The fourth-order valence-corrected chi connectivity index (χ4v) is 14.1. The lowest BCUT2D eigenvalue weighted by Gasteiger charge is -2.38. The van der Waals surface area contributed by atoms with Crippen LogP contribution < -0.4 is 74.9 Å². The summed E-state index contributed by atoms with van der Waals surface area (Å²) in [5.74, 6) is -13.9. The normalized spacial score (nSPS) is 19.5. The van der Waals surface area contributed by atoms with Crippen molar-refractivity contribution >= 4 is 100 Å². The third-order valence-corrected chi connectivity index (χ3v) is 22.2. The zero-order valence-electron chi connectivity index (χ0n) is 72.8. The van der Waals surface area contributed by atoms with E-state index in [1.54, 1.807) is 65.0 Å². The molecule has 0 aliphatic carbocycles. The van der Waals surface area contributed by atoms with E-state index < -0.39 is 225 Å². The Morgan fingerprint density at radius 3 is 1.39 bits per heavy atom. The summed E-state index contributed by atoms with van der Waals surface area (Å²) in [6.07, 6.45) is -3.20. The van der Waals surface area contributed by atoms with E-state index in [1.807, 2.05) is 30.3 Å². The summed E-state index contributed by atoms with van der Waals surface area (Å²) in [6, 6.07) is 9.58. The van der Waals surface area contributed by atoms with Gasteiger partial charge in [-0.2, -0.15) is 0 Å². The molecule has 3 aliphatic heterocycles. The van der Waals surface area contributed by atoms with Crippen LogP contribution in [0.25, 0.3) is 0 Å². The molecule has 3 aliphatic rings. The number of aliphatic hydroxyl groups excluding tert-OH is 3. The number of rotatable bonds is 41. The van der Waals surface area contributed by atoms with E-state index >= 15 is 0 Å². The van der Waals surface area contributed by atoms with Crippen LogP contribution in [0.2, 0.25) is 0 Å². The van der Waals surface area contributed by atoms with Crippen molar-refractivity contribution in [2.24, 2.45) is 11.7 Å². The molecule has 5 rings (SSSR count). The van der Waals surface area contributed by atoms with Gasteiger partial charge in [-0.3, -0.25) is 81.5 Å². The van der Waals surface area contributed by atoms with Crippen molar-refractivity contribution in [2.75, 3.05) is 32.8 Å². The summed E-state index contributed by atoms with van der Waals surface area (Å²) in [5.41, 5.74) is -6.95. The van der Waals surface area contributed by atoms with Gasteiger partial charge < -0.3 is 105 Å². The molecule has 2 aromatic carbocycles. The Labute approximate surface area is 701 Å². The molecule has 18 N–H and O–H groups in total. The monoisotopic (exact) mass is 1680 g/mol. The average molecular weight is 1690 g/mol. The summed E-state index contributed by atoms with van der Waals surface area (Å²) < 4.78 is 0. The quantitative estimate of drug-likeness (QED) is 0.0346. The first-order chi connectivity index (χ1) is 55.5. The molecular weight excluding hydrogens is 1560 g/mol. The predicted molar refractivity (Wildman–Crippen MR) is 440 cm³/mol. The second-order valence-electron chi connectivity index (χ2n) is 35.4. The maximum absolute atomic E-state index is 14.8. The number of carbonyl (C=O) groups excluding carboxylic acids is 17. The predicted octanol–water partition coefficient (Wildman–Crippen LogP) is -1.91. The zero-order chi connectivity index (χ0) is 90.8. The van der Waals surface area contributed by atoms with Crippen molar-refractivity contribution in [3.63, 3.8) is 0 Å². The van der Waals surface area contributed by atoms with Crippen LogP contribution in [0.3, 0.4) is 0 Å². The summed E-state index contributed by atoms with van der Waals surface area (Å²) in [6.45, 7) is 25.5. The van der Waals surface area contributed by atoms with Crippen LogP contribution in [-0.2, 0) is 94.3 Å². The first-order valence-corrected chi connectivity index (χ1v) is 40.9. The Balaban J connectivity index is 1.20. The molecule has 666 valence electrons. The molecule has 0 aromatic heterocycles. The Morgan fingerprint density at radius 2 is 0.892 bits per heavy atom. The highest BCUT2D eigenvalue weighted by Gasteiger charge is 2.52. The number of hydrogen-bond acceptors (Lipinski definition) is 20. The molecule has 0 saturated carbocycles. The lowest BCUT2D eigenvalue weighted by atomic mass is 9.93. The van der Waals surface area contributed by atoms with E-state index in [2.05, 4.69) is 69.1 Å². The molecule has 0 radical (unpaired) electrons. The number of carbonyl (C=O) groups is 17. The van der Waals surface area contributed by atoms with E-state index in [4.69, 9.17) is 5.73 Å². The van der Waals surface area contributed by atoms with Crippen LogP contribution in [0, 0.1) is 5.92 Å². The highest BCUT2D eigenvalue weighted by molar-refractivity contribution is 6.04. The van der Waals surface area contributed by atoms with E-state index in [9.17, 15) is 96.8 Å². The highest BCUT2D eigenvalue weighted by atomic mass is 16.3. The Morgan fingerprint density at radius 1 is 0.458 bits per heavy atom. The number of hydrogen-bond donors (Lipinski definition) is 17. The van der Waals surface area contributed by atoms with Gasteiger partial charge in [0.25, 0.3) is 0 Å². The van der Waals surface area contributed by atoms with E-state index in [0.29, 0.717) is 19.3 Å². The summed E-state index contributed by atoms with van der Waals surface area (Å²) in [4.78, 5) is 240. The summed E-state index contributed by atoms with van der Waals surface area (Å²) >= 11 is 0. The van der Waals surface area contributed by atoms with Crippen LogP contribution in [0.5, 0.6) is 0 Å². The lowest BCUT2D eigenvalue weighted by molar-refractivity contribution is -0.149. The maximum atomic E-state index is 14.8. The lowest BCUT2D eigenvalue weighted by Crippen LogP contribution is -2.68. The second kappa shape index (κ2) is 41.5. The van der Waals surface area contributed by atoms with E-state index in [0.717, 1.165) is 20.9 Å². The van der Waals surface area contributed by atoms with Gasteiger partial charge in [-0.05, 0) is 158 Å². The minimum absolute atomic E-state index is 0.0120. The minimum atomic E-state index is -1.91. The molecule has 3 saturated heterocycles. The number of likely N-dealkylation sites (tertiary alicyclic amines) is 3. The van der Waals surface area contributed by atoms with Gasteiger partial charge in [0.1, 0.15) is 80.6 Å². The van der Waals surface area contributed by atoms with Crippen molar-refractivity contribution in [1.82, 2.24) is 83.8 Å². The molecule has 37 nitrogen and oxygen atoms in total. The fraction of sp³-hybridized carbons (Fsp3) is 0.651. The number of benzene rings is 2. The number of nitrogens with zero attached hydrogens (tertiary/aromatic N) is 3. The third-order valence-electron chi connectivity index (χ3n) is 22.2. The number of amides is 17. The topological polar surface area (TPSA) is 543 Å². The molecule has 12 unspecified atom stereocenters. The zero-order valence-corrected chi connectivity index (χ0v) is 72.8. The van der Waals surface area contributed by atoms with Gasteiger partial charge in [-0.1, -0.05) is 95.3 Å². The van der Waals surface area contributed by atoms with Gasteiger partial charge >= 0.3 is 0 Å². The van der Waals surface area contributed by atoms with Crippen LogP contribution in [0.4, 0.5) is 0 Å². The summed E-state index contributed by atoms with van der Waals surface area (Å²) in [7, 11) is 0. The highest BCUT2D eigenvalue weighted by Crippen LogP contribution is 2.30. The number of nitrogens with two attached hydrogens (primary N) is 1. The standard InChI is InChI=1S/C83H129N17O20/c1-20-81(17,97-70(115)78(11,12)95-69(114)77(9,10)94-68(113)76(7,8)90-63(108)56(86-48(6)102)40-50-32-27-24-28-33-50)71(116)85-43-61(106)88-55(38-47(4)5)64(109)92-82(18,21-2)72(117)96-80(15,16)74(119)99-44-52(103)41-58(99)66(111)89-54(35-36-60(84)105)62(107)93-83(19,22-3)75(120)100-45-53(104)42-59(100)67(112)91-79(13,14)73(118)98-37-29-34-57(98)65(110)87-51(46-101)39-49-30-25-23-26-31-49/h23-28,30-33,47,51-59,101,103-104H,20-22,29,34-46H2,1-19H3,(H2,84,105)(H,85,116)(H,86,102)(H,87,110)(H,88,106)(H,89,111)(H,90,108)(H,91,112)(H,92,109)(H,93,107)(H,94,113)(H,95,114)(H,96,117)(H,97,115). The molecule has 2 aromatic rings. The van der Waals surface area contributed by atoms with Gasteiger partial charge in [-0.25, -0.2) is 0 Å². The van der Waals surface area contributed by atoms with Crippen molar-refractivity contribution < 1.29 is 96.8 Å². The van der Waals surface area contributed by atoms with Crippen LogP contribution in [0.1, 0.15) is 207 Å². The first kappa shape index (κ1) is 99.9.